The second kappa shape index (κ2) is 10.2. The maximum atomic E-state index is 14.2. The third-order valence-corrected chi connectivity index (χ3v) is 9.61. The number of aromatic hydroxyl groups is 3. The smallest absolute Gasteiger partial charge is 0.260 e. The number of allylic oxidation sites excluding steroid dienone is 2. The van der Waals surface area contributed by atoms with Crippen LogP contribution in [0.3, 0.4) is 0 Å². The molecule has 230 valence electrons. The predicted octanol–water partition coefficient (Wildman–Crippen LogP) is 4.13. The van der Waals surface area contributed by atoms with Gasteiger partial charge in [0.25, 0.3) is 5.56 Å². The van der Waals surface area contributed by atoms with Gasteiger partial charge in [0.2, 0.25) is 5.78 Å². The lowest BCUT2D eigenvalue weighted by atomic mass is 9.76. The molecule has 4 aromatic rings. The van der Waals surface area contributed by atoms with Gasteiger partial charge in [-0.2, -0.15) is 0 Å². The highest BCUT2D eigenvalue weighted by atomic mass is 79.9. The van der Waals surface area contributed by atoms with Crippen molar-refractivity contribution in [1.29, 1.82) is 0 Å². The summed E-state index contributed by atoms with van der Waals surface area (Å²) in [6, 6.07) is 10.9. The number of carbonyl (C=O) groups excluding carboxylic acids is 4. The largest absolute Gasteiger partial charge is 0.507 e. The summed E-state index contributed by atoms with van der Waals surface area (Å²) >= 11 is 3.50. The van der Waals surface area contributed by atoms with Crippen LogP contribution in [0, 0.1) is 0 Å². The summed E-state index contributed by atoms with van der Waals surface area (Å²) in [6.45, 7) is 0.195. The van der Waals surface area contributed by atoms with Crippen molar-refractivity contribution in [2.24, 2.45) is 5.16 Å². The van der Waals surface area contributed by atoms with Crippen molar-refractivity contribution in [3.8, 4) is 17.2 Å². The van der Waals surface area contributed by atoms with E-state index in [0.717, 1.165) is 18.7 Å². The van der Waals surface area contributed by atoms with Gasteiger partial charge >= 0.3 is 0 Å². The molecule has 3 aliphatic rings. The highest BCUT2D eigenvalue weighted by Gasteiger charge is 2.62. The average Bonchev–Trinajstić information content (AvgIpc) is 3.55. The zero-order chi connectivity index (χ0) is 32.7. The number of nitrogens with zero attached hydrogens (tertiary/aromatic N) is 1. The Morgan fingerprint density at radius 1 is 0.957 bits per heavy atom. The molecule has 13 heteroatoms. The van der Waals surface area contributed by atoms with Crippen molar-refractivity contribution in [3.05, 3.63) is 108 Å². The number of benzene rings is 3. The van der Waals surface area contributed by atoms with Crippen molar-refractivity contribution in [1.82, 2.24) is 4.98 Å². The number of hydrogen-bond donors (Lipinski definition) is 4. The molecular weight excluding hydrogens is 664 g/mol. The quantitative estimate of drug-likeness (QED) is 0.103. The molecule has 12 nitrogen and oxygen atoms in total. The molecule has 0 saturated heterocycles. The second-order valence-electron chi connectivity index (χ2n) is 11.0. The lowest BCUT2D eigenvalue weighted by Crippen LogP contribution is -2.36. The summed E-state index contributed by atoms with van der Waals surface area (Å²) in [5.41, 5.74) is -4.19. The Hall–Kier alpha value is -5.56. The minimum Gasteiger partial charge on any atom is -0.507 e. The number of halogens is 1. The third-order valence-electron chi connectivity index (χ3n) is 8.70. The molecule has 1 heterocycles. The predicted molar refractivity (Wildman–Crippen MR) is 165 cm³/mol. The molecule has 3 aromatic carbocycles. The van der Waals surface area contributed by atoms with Gasteiger partial charge in [0, 0.05) is 21.5 Å². The monoisotopic (exact) mass is 684 g/mol. The first kappa shape index (κ1) is 29.2. The van der Waals surface area contributed by atoms with E-state index in [-0.39, 0.29) is 41.5 Å². The number of nitrogens with one attached hydrogen (secondary N) is 1. The van der Waals surface area contributed by atoms with Crippen LogP contribution in [0.1, 0.15) is 70.2 Å². The van der Waals surface area contributed by atoms with Gasteiger partial charge in [-0.05, 0) is 46.0 Å². The van der Waals surface area contributed by atoms with Crippen molar-refractivity contribution >= 4 is 56.0 Å². The third kappa shape index (κ3) is 3.78. The van der Waals surface area contributed by atoms with Gasteiger partial charge in [-0.25, -0.2) is 0 Å². The number of pyridine rings is 1. The Labute approximate surface area is 266 Å². The molecule has 0 amide bonds. The van der Waals surface area contributed by atoms with Gasteiger partial charge in [0.15, 0.2) is 23.1 Å². The number of rotatable bonds is 5. The first-order valence-corrected chi connectivity index (χ1v) is 14.7. The van der Waals surface area contributed by atoms with Crippen LogP contribution < -0.4 is 5.56 Å². The molecule has 0 aliphatic heterocycles. The summed E-state index contributed by atoms with van der Waals surface area (Å²) in [6.07, 6.45) is 2.00. The van der Waals surface area contributed by atoms with E-state index >= 15 is 0 Å². The number of H-pyrrole nitrogens is 1. The Morgan fingerprint density at radius 3 is 2.30 bits per heavy atom. The molecule has 46 heavy (non-hydrogen) atoms. The molecule has 4 N–H and O–H groups in total. The molecule has 1 atom stereocenters. The number of hydrogen-bond acceptors (Lipinski definition) is 11. The second-order valence-corrected chi connectivity index (χ2v) is 11.8. The Morgan fingerprint density at radius 2 is 1.63 bits per heavy atom. The fourth-order valence-corrected chi connectivity index (χ4v) is 7.36. The number of methoxy groups -OCH3 is 1. The number of phenols is 3. The maximum absolute atomic E-state index is 14.2. The van der Waals surface area contributed by atoms with Gasteiger partial charge < -0.3 is 29.9 Å². The molecule has 7 rings (SSSR count). The van der Waals surface area contributed by atoms with E-state index in [1.54, 1.807) is 0 Å². The molecule has 0 saturated carbocycles. The van der Waals surface area contributed by atoms with E-state index in [4.69, 9.17) is 9.57 Å². The van der Waals surface area contributed by atoms with E-state index in [9.17, 15) is 39.3 Å². The molecular formula is C33H21BrN2O10. The number of ether oxygens (including phenoxy) is 1. The lowest BCUT2D eigenvalue weighted by Gasteiger charge is -2.23. The molecule has 1 aromatic heterocycles. The van der Waals surface area contributed by atoms with Gasteiger partial charge in [-0.15, -0.1) is 0 Å². The summed E-state index contributed by atoms with van der Waals surface area (Å²) in [5.74, 6) is -6.81. The topological polar surface area (TPSA) is 193 Å². The number of carbonyl (C=O) groups is 4. The Bertz CT molecular complexity index is 2240. The molecule has 0 radical (unpaired) electrons. The van der Waals surface area contributed by atoms with E-state index in [0.29, 0.717) is 10.0 Å². The number of fused-ring (bicyclic) bond motifs is 5. The van der Waals surface area contributed by atoms with E-state index in [1.165, 1.54) is 12.3 Å². The van der Waals surface area contributed by atoms with Crippen LogP contribution in [0.25, 0.3) is 10.8 Å². The highest BCUT2D eigenvalue weighted by Crippen LogP contribution is 2.58. The van der Waals surface area contributed by atoms with E-state index < -0.39 is 79.4 Å². The van der Waals surface area contributed by atoms with Gasteiger partial charge in [-0.3, -0.25) is 24.0 Å². The van der Waals surface area contributed by atoms with Crippen LogP contribution in [0.15, 0.2) is 62.7 Å². The molecule has 1 spiro atoms. The highest BCUT2D eigenvalue weighted by molar-refractivity contribution is 9.10. The molecule has 0 fully saturated rings. The lowest BCUT2D eigenvalue weighted by molar-refractivity contribution is 0.0790. The van der Waals surface area contributed by atoms with Crippen LogP contribution in [0.2, 0.25) is 0 Å². The van der Waals surface area contributed by atoms with Crippen molar-refractivity contribution in [2.75, 3.05) is 7.11 Å². The van der Waals surface area contributed by atoms with Crippen LogP contribution in [0.5, 0.6) is 17.2 Å². The number of Topliss-reactive ketones (excluding diaryl/α,β-unsaturated/α-hetero) is 3. The molecule has 3 aliphatic carbocycles. The Balaban J connectivity index is 1.35. The number of aromatic nitrogens is 1. The number of aromatic amines is 1. The minimum atomic E-state index is -2.15. The van der Waals surface area contributed by atoms with Crippen molar-refractivity contribution in [2.45, 2.75) is 24.9 Å². The summed E-state index contributed by atoms with van der Waals surface area (Å²) < 4.78 is 5.26. The van der Waals surface area contributed by atoms with Gasteiger partial charge in [0.05, 0.1) is 46.7 Å². The molecule has 0 bridgehead atoms. The van der Waals surface area contributed by atoms with Gasteiger partial charge in [0.1, 0.15) is 29.3 Å². The summed E-state index contributed by atoms with van der Waals surface area (Å²) in [5, 5.41) is 37.9. The zero-order valence-corrected chi connectivity index (χ0v) is 25.4. The fourth-order valence-electron chi connectivity index (χ4n) is 6.65. The first-order chi connectivity index (χ1) is 22.0. The van der Waals surface area contributed by atoms with Crippen LogP contribution in [-0.2, 0) is 28.0 Å². The standard InChI is InChI=1S/C33H21BrN2O10/c1-45-18-10-17(37)20-21(26(18)38)28(40)23-22(27(20)39)30(42)33(31(23)43)8-7-15-24(33)29(41)19-16(25(15)34)9-14(36-32(19)44)11-35-46-12-13-5-3-2-4-6-13/h2-6,9-11,39-41H,7-8,12H2,1H3,(H,36,44)/b35-11+/t33-/m0/s1. The fraction of sp³-hybridized carbons (Fsp3) is 0.152. The SMILES string of the molecule is COC1=CC(=O)c2c(O)c3c(c(O)c2C1=O)C(=O)[C@]1(CCc2c1c(O)c1c(=O)[nH]c(/C=N/OCc4ccccc4)cc1c2Br)C3=O. The zero-order valence-electron chi connectivity index (χ0n) is 23.8. The average molecular weight is 685 g/mol. The van der Waals surface area contributed by atoms with Crippen LogP contribution in [0.4, 0.5) is 0 Å². The number of phenolic OH excluding ortho intramolecular Hbond substituents is 3. The number of ketones is 4. The van der Waals surface area contributed by atoms with E-state index in [1.807, 2.05) is 30.3 Å². The van der Waals surface area contributed by atoms with E-state index in [2.05, 4.69) is 26.1 Å². The summed E-state index contributed by atoms with van der Waals surface area (Å²) in [7, 11) is 1.13. The molecule has 0 unspecified atom stereocenters. The van der Waals surface area contributed by atoms with Crippen molar-refractivity contribution in [3.63, 3.8) is 0 Å². The number of oxime groups is 1. The van der Waals surface area contributed by atoms with Crippen molar-refractivity contribution < 1.29 is 44.1 Å². The Kier molecular flexibility index (Phi) is 6.49. The normalized spacial score (nSPS) is 18.3. The minimum absolute atomic E-state index is 0.0791. The first-order valence-electron chi connectivity index (χ1n) is 13.9. The van der Waals surface area contributed by atoms with Crippen LogP contribution in [-0.4, -0.2) is 56.8 Å². The summed E-state index contributed by atoms with van der Waals surface area (Å²) in [4.78, 5) is 75.5. The van der Waals surface area contributed by atoms with Gasteiger partial charge in [-0.1, -0.05) is 35.5 Å². The van der Waals surface area contributed by atoms with Crippen LogP contribution >= 0.6 is 15.9 Å². The maximum Gasteiger partial charge on any atom is 0.260 e.